The Bertz CT molecular complexity index is 2720. The summed E-state index contributed by atoms with van der Waals surface area (Å²) in [6.07, 6.45) is 0. The molecule has 0 aromatic heterocycles. The van der Waals surface area contributed by atoms with Crippen LogP contribution in [0.25, 0.3) is 65.3 Å². The lowest BCUT2D eigenvalue weighted by molar-refractivity contribution is -0.384. The van der Waals surface area contributed by atoms with Crippen LogP contribution >= 0.6 is 11.8 Å². The molecular formula is C47H29NO2S. The van der Waals surface area contributed by atoms with Crippen LogP contribution in [-0.2, 0) is 0 Å². The van der Waals surface area contributed by atoms with Gasteiger partial charge in [-0.1, -0.05) is 157 Å². The van der Waals surface area contributed by atoms with Crippen LogP contribution in [0, 0.1) is 10.1 Å². The van der Waals surface area contributed by atoms with Gasteiger partial charge >= 0.3 is 0 Å². The van der Waals surface area contributed by atoms with Gasteiger partial charge in [-0.25, -0.2) is 0 Å². The van der Waals surface area contributed by atoms with Gasteiger partial charge in [0.1, 0.15) is 0 Å². The third-order valence-electron chi connectivity index (χ3n) is 10.5. The van der Waals surface area contributed by atoms with E-state index in [9.17, 15) is 10.1 Å². The molecule has 1 aliphatic rings. The molecule has 9 aromatic carbocycles. The minimum Gasteiger partial charge on any atom is -0.258 e. The highest BCUT2D eigenvalue weighted by atomic mass is 32.2. The lowest BCUT2D eigenvalue weighted by atomic mass is 9.78. The second-order valence-electron chi connectivity index (χ2n) is 13.2. The SMILES string of the molecule is O=[N+]([O-])c1ccc(-c2ccc(-c3ccc(C4c5c(c6ccccc6c6ccccc56)Sc5c4c4ccccc4c4ccccc54)cc3)cc2)cc1. The Morgan fingerprint density at radius 3 is 1.10 bits per heavy atom. The summed E-state index contributed by atoms with van der Waals surface area (Å²) in [7, 11) is 0. The van der Waals surface area contributed by atoms with Gasteiger partial charge in [-0.3, -0.25) is 10.1 Å². The summed E-state index contributed by atoms with van der Waals surface area (Å²) in [5.41, 5.74) is 8.37. The molecule has 0 aliphatic carbocycles. The maximum atomic E-state index is 11.1. The predicted octanol–water partition coefficient (Wildman–Crippen LogP) is 13.2. The molecule has 0 atom stereocenters. The van der Waals surface area contributed by atoms with E-state index in [1.54, 1.807) is 24.3 Å². The minimum atomic E-state index is -0.366. The van der Waals surface area contributed by atoms with Crippen molar-refractivity contribution in [1.29, 1.82) is 0 Å². The summed E-state index contributed by atoms with van der Waals surface area (Å²) in [6, 6.07) is 59.9. The number of non-ortho nitro benzene ring substituents is 1. The summed E-state index contributed by atoms with van der Waals surface area (Å²) < 4.78 is 0. The van der Waals surface area contributed by atoms with E-state index in [4.69, 9.17) is 0 Å². The Kier molecular flexibility index (Phi) is 6.80. The van der Waals surface area contributed by atoms with Crippen LogP contribution < -0.4 is 0 Å². The molecule has 4 heteroatoms. The molecule has 240 valence electrons. The van der Waals surface area contributed by atoms with E-state index >= 15 is 0 Å². The van der Waals surface area contributed by atoms with Crippen molar-refractivity contribution in [1.82, 2.24) is 0 Å². The van der Waals surface area contributed by atoms with E-state index in [1.807, 2.05) is 11.8 Å². The van der Waals surface area contributed by atoms with Gasteiger partial charge in [0.25, 0.3) is 5.69 Å². The molecule has 0 radical (unpaired) electrons. The zero-order valence-electron chi connectivity index (χ0n) is 27.4. The first-order chi connectivity index (χ1) is 25.1. The van der Waals surface area contributed by atoms with Crippen LogP contribution in [-0.4, -0.2) is 4.92 Å². The van der Waals surface area contributed by atoms with Gasteiger partial charge in [0.15, 0.2) is 0 Å². The van der Waals surface area contributed by atoms with E-state index in [0.29, 0.717) is 0 Å². The predicted molar refractivity (Wildman–Crippen MR) is 212 cm³/mol. The Balaban J connectivity index is 1.17. The Labute approximate surface area is 299 Å². The number of nitro groups is 1. The van der Waals surface area contributed by atoms with Crippen LogP contribution in [0.3, 0.4) is 0 Å². The number of rotatable bonds is 4. The van der Waals surface area contributed by atoms with Crippen molar-refractivity contribution in [2.24, 2.45) is 0 Å². The van der Waals surface area contributed by atoms with E-state index in [0.717, 1.165) is 22.3 Å². The van der Waals surface area contributed by atoms with Gasteiger partial charge in [0, 0.05) is 27.8 Å². The van der Waals surface area contributed by atoms with Crippen molar-refractivity contribution in [2.75, 3.05) is 0 Å². The van der Waals surface area contributed by atoms with Gasteiger partial charge < -0.3 is 0 Å². The molecule has 3 nitrogen and oxygen atoms in total. The molecule has 0 saturated carbocycles. The highest BCUT2D eigenvalue weighted by molar-refractivity contribution is 8.00. The van der Waals surface area contributed by atoms with Crippen molar-refractivity contribution in [3.63, 3.8) is 0 Å². The summed E-state index contributed by atoms with van der Waals surface area (Å²) in [4.78, 5) is 13.4. The second-order valence-corrected chi connectivity index (χ2v) is 14.2. The molecule has 0 amide bonds. The van der Waals surface area contributed by atoms with Crippen molar-refractivity contribution < 1.29 is 4.92 Å². The molecule has 51 heavy (non-hydrogen) atoms. The molecule has 0 spiro atoms. The maximum absolute atomic E-state index is 11.1. The summed E-state index contributed by atoms with van der Waals surface area (Å²) in [6.45, 7) is 0. The van der Waals surface area contributed by atoms with E-state index < -0.39 is 0 Å². The van der Waals surface area contributed by atoms with Crippen LogP contribution in [0.4, 0.5) is 5.69 Å². The fourth-order valence-electron chi connectivity index (χ4n) is 8.14. The largest absolute Gasteiger partial charge is 0.269 e. The number of nitrogens with zero attached hydrogens (tertiary/aromatic N) is 1. The molecule has 0 bridgehead atoms. The van der Waals surface area contributed by atoms with Gasteiger partial charge in [-0.15, -0.1) is 0 Å². The molecule has 9 aromatic rings. The van der Waals surface area contributed by atoms with Crippen LogP contribution in [0.2, 0.25) is 0 Å². The number of hydrogen-bond acceptors (Lipinski definition) is 3. The van der Waals surface area contributed by atoms with Crippen LogP contribution in [0.5, 0.6) is 0 Å². The number of fused-ring (bicyclic) bond motifs is 12. The minimum absolute atomic E-state index is 0.0267. The van der Waals surface area contributed by atoms with E-state index in [-0.39, 0.29) is 16.5 Å². The monoisotopic (exact) mass is 671 g/mol. The lowest BCUT2D eigenvalue weighted by Gasteiger charge is -2.33. The Morgan fingerprint density at radius 2 is 0.706 bits per heavy atom. The number of benzene rings is 9. The van der Waals surface area contributed by atoms with Gasteiger partial charge in [-0.2, -0.15) is 0 Å². The van der Waals surface area contributed by atoms with Crippen LogP contribution in [0.1, 0.15) is 22.6 Å². The Morgan fingerprint density at radius 1 is 0.392 bits per heavy atom. The van der Waals surface area contributed by atoms with Crippen molar-refractivity contribution in [3.05, 3.63) is 197 Å². The number of nitro benzene ring substituents is 1. The molecule has 0 unspecified atom stereocenters. The van der Waals surface area contributed by atoms with Crippen molar-refractivity contribution >= 4 is 60.5 Å². The molecular weight excluding hydrogens is 643 g/mol. The highest BCUT2D eigenvalue weighted by Crippen LogP contribution is 2.57. The van der Waals surface area contributed by atoms with E-state index in [2.05, 4.69) is 146 Å². The molecule has 0 N–H and O–H groups in total. The fourth-order valence-corrected chi connectivity index (χ4v) is 9.60. The Hall–Kier alpha value is -6.23. The maximum Gasteiger partial charge on any atom is 0.269 e. The molecule has 0 fully saturated rings. The quantitative estimate of drug-likeness (QED) is 0.106. The summed E-state index contributed by atoms with van der Waals surface area (Å²) in [5, 5.41) is 21.5. The van der Waals surface area contributed by atoms with E-state index in [1.165, 1.54) is 69.6 Å². The first kappa shape index (κ1) is 29.7. The third-order valence-corrected chi connectivity index (χ3v) is 11.8. The molecule has 1 heterocycles. The second kappa shape index (κ2) is 11.7. The first-order valence-electron chi connectivity index (χ1n) is 17.1. The first-order valence-corrected chi connectivity index (χ1v) is 18.0. The highest BCUT2D eigenvalue weighted by Gasteiger charge is 2.34. The van der Waals surface area contributed by atoms with Crippen molar-refractivity contribution in [2.45, 2.75) is 15.7 Å². The summed E-state index contributed by atoms with van der Waals surface area (Å²) >= 11 is 1.94. The smallest absolute Gasteiger partial charge is 0.258 e. The third kappa shape index (κ3) is 4.68. The zero-order valence-corrected chi connectivity index (χ0v) is 28.2. The van der Waals surface area contributed by atoms with Crippen LogP contribution in [0.15, 0.2) is 180 Å². The standard InChI is InChI=1S/C47H29NO2S/c49-48(50)34-27-25-32(26-28-34)30-19-17-29(18-20-30)31-21-23-33(24-22-31)43-44-39-13-5-1-9-35(39)37-11-3-7-15-41(37)46(44)51-47-42-16-8-4-12-38(42)36-10-2-6-14-40(36)45(43)47/h1-28,43H. The topological polar surface area (TPSA) is 43.1 Å². The molecule has 1 aliphatic heterocycles. The van der Waals surface area contributed by atoms with Gasteiger partial charge in [0.05, 0.1) is 4.92 Å². The molecule has 0 saturated heterocycles. The van der Waals surface area contributed by atoms with Gasteiger partial charge in [-0.05, 0) is 94.2 Å². The normalized spacial score (nSPS) is 12.7. The lowest BCUT2D eigenvalue weighted by Crippen LogP contribution is -2.12. The van der Waals surface area contributed by atoms with Crippen molar-refractivity contribution in [3.8, 4) is 22.3 Å². The number of hydrogen-bond donors (Lipinski definition) is 0. The average Bonchev–Trinajstić information content (AvgIpc) is 3.20. The summed E-state index contributed by atoms with van der Waals surface area (Å²) in [5.74, 6) is 0.0267. The zero-order chi connectivity index (χ0) is 34.1. The average molecular weight is 672 g/mol. The molecule has 10 rings (SSSR count). The van der Waals surface area contributed by atoms with Gasteiger partial charge in [0.2, 0.25) is 0 Å². The fraction of sp³-hybridized carbons (Fsp3) is 0.0213.